The van der Waals surface area contributed by atoms with Gasteiger partial charge < -0.3 is 9.32 Å². The van der Waals surface area contributed by atoms with E-state index in [1.807, 2.05) is 49.3 Å². The Labute approximate surface area is 83.8 Å². The first-order valence-corrected chi connectivity index (χ1v) is 4.51. The van der Waals surface area contributed by atoms with Crippen molar-refractivity contribution in [3.05, 3.63) is 42.7 Å². The van der Waals surface area contributed by atoms with Gasteiger partial charge in [0.05, 0.1) is 6.26 Å². The topological polar surface area (TPSA) is 16.4 Å². The third-order valence-corrected chi connectivity index (χ3v) is 2.08. The van der Waals surface area contributed by atoms with Crippen molar-refractivity contribution >= 4 is 5.69 Å². The van der Waals surface area contributed by atoms with Gasteiger partial charge in [0.15, 0.2) is 0 Å². The van der Waals surface area contributed by atoms with E-state index in [2.05, 4.69) is 6.07 Å². The van der Waals surface area contributed by atoms with E-state index in [0.29, 0.717) is 0 Å². The van der Waals surface area contributed by atoms with Crippen molar-refractivity contribution in [2.75, 3.05) is 19.0 Å². The maximum absolute atomic E-state index is 5.35. The smallest absolute Gasteiger partial charge is 0.136 e. The normalized spacial score (nSPS) is 10.1. The van der Waals surface area contributed by atoms with Gasteiger partial charge in [0, 0.05) is 25.3 Å². The Kier molecular flexibility index (Phi) is 2.27. The number of anilines is 1. The van der Waals surface area contributed by atoms with Crippen LogP contribution in [-0.4, -0.2) is 14.1 Å². The molecule has 1 radical (unpaired) electrons. The summed E-state index contributed by atoms with van der Waals surface area (Å²) in [6.45, 7) is 0. The Morgan fingerprint density at radius 1 is 1.21 bits per heavy atom. The van der Waals surface area contributed by atoms with E-state index in [4.69, 9.17) is 4.42 Å². The van der Waals surface area contributed by atoms with Crippen LogP contribution in [0.2, 0.25) is 0 Å². The van der Waals surface area contributed by atoms with Crippen LogP contribution in [0.3, 0.4) is 0 Å². The molecule has 0 aliphatic rings. The molecule has 71 valence electrons. The summed E-state index contributed by atoms with van der Waals surface area (Å²) in [5.74, 6) is 0.856. The highest BCUT2D eigenvalue weighted by atomic mass is 16.3. The lowest BCUT2D eigenvalue weighted by atomic mass is 10.1. The van der Waals surface area contributed by atoms with Crippen LogP contribution in [0.25, 0.3) is 11.3 Å². The van der Waals surface area contributed by atoms with Crippen molar-refractivity contribution in [2.45, 2.75) is 0 Å². The van der Waals surface area contributed by atoms with Gasteiger partial charge in [-0.3, -0.25) is 0 Å². The van der Waals surface area contributed by atoms with Crippen LogP contribution in [0.1, 0.15) is 0 Å². The van der Waals surface area contributed by atoms with Crippen LogP contribution in [0.5, 0.6) is 0 Å². The fraction of sp³-hybridized carbons (Fsp3) is 0.167. The van der Waals surface area contributed by atoms with Crippen LogP contribution in [0, 0.1) is 6.07 Å². The Hall–Kier alpha value is -1.70. The Bertz CT molecular complexity index is 404. The minimum Gasteiger partial charge on any atom is -0.464 e. The zero-order chi connectivity index (χ0) is 9.97. The van der Waals surface area contributed by atoms with E-state index in [1.54, 1.807) is 6.26 Å². The quantitative estimate of drug-likeness (QED) is 0.717. The van der Waals surface area contributed by atoms with E-state index in [1.165, 1.54) is 0 Å². The molecule has 0 unspecified atom stereocenters. The average molecular weight is 186 g/mol. The molecule has 1 heterocycles. The zero-order valence-corrected chi connectivity index (χ0v) is 8.32. The van der Waals surface area contributed by atoms with E-state index >= 15 is 0 Å². The van der Waals surface area contributed by atoms with Gasteiger partial charge in [-0.25, -0.2) is 0 Å². The van der Waals surface area contributed by atoms with Crippen LogP contribution in [-0.2, 0) is 0 Å². The number of nitrogens with zero attached hydrogens (tertiary/aromatic N) is 1. The first-order chi connectivity index (χ1) is 6.79. The third-order valence-electron chi connectivity index (χ3n) is 2.08. The van der Waals surface area contributed by atoms with E-state index in [-0.39, 0.29) is 0 Å². The molecule has 0 fully saturated rings. The van der Waals surface area contributed by atoms with Crippen molar-refractivity contribution in [1.29, 1.82) is 0 Å². The molecule has 0 saturated carbocycles. The number of furan rings is 1. The number of rotatable bonds is 2. The molecule has 0 spiro atoms. The van der Waals surface area contributed by atoms with Gasteiger partial charge in [-0.15, -0.1) is 0 Å². The molecular weight excluding hydrogens is 174 g/mol. The standard InChI is InChI=1S/C12H12NO/c1-13(2)11-7-4-3-6-10(11)12-8-5-9-14-12/h3-5,7-9H,1-2H3. The summed E-state index contributed by atoms with van der Waals surface area (Å²) in [6, 6.07) is 12.9. The van der Waals surface area contributed by atoms with Gasteiger partial charge in [-0.1, -0.05) is 12.1 Å². The first kappa shape index (κ1) is 8.88. The molecule has 0 aliphatic heterocycles. The molecule has 2 aromatic rings. The number of hydrogen-bond acceptors (Lipinski definition) is 2. The van der Waals surface area contributed by atoms with Gasteiger partial charge in [-0.2, -0.15) is 0 Å². The summed E-state index contributed by atoms with van der Waals surface area (Å²) in [7, 11) is 4.02. The lowest BCUT2D eigenvalue weighted by molar-refractivity contribution is 0.582. The van der Waals surface area contributed by atoms with Gasteiger partial charge >= 0.3 is 0 Å². The predicted octanol–water partition coefficient (Wildman–Crippen LogP) is 2.81. The maximum Gasteiger partial charge on any atom is 0.136 e. The van der Waals surface area contributed by atoms with Crippen LogP contribution in [0.4, 0.5) is 5.69 Å². The molecule has 2 rings (SSSR count). The first-order valence-electron chi connectivity index (χ1n) is 4.51. The molecule has 0 amide bonds. The second kappa shape index (κ2) is 3.58. The largest absolute Gasteiger partial charge is 0.464 e. The van der Waals surface area contributed by atoms with Gasteiger partial charge in [0.2, 0.25) is 0 Å². The second-order valence-electron chi connectivity index (χ2n) is 3.30. The summed E-state index contributed by atoms with van der Waals surface area (Å²) in [6.07, 6.45) is 1.68. The fourth-order valence-corrected chi connectivity index (χ4v) is 1.42. The summed E-state index contributed by atoms with van der Waals surface area (Å²) in [5, 5.41) is 0. The van der Waals surface area contributed by atoms with Crippen molar-refractivity contribution in [2.24, 2.45) is 0 Å². The predicted molar refractivity (Wildman–Crippen MR) is 57.3 cm³/mol. The SMILES string of the molecule is CN(C)c1ccc[c]c1-c1ccco1. The van der Waals surface area contributed by atoms with Crippen molar-refractivity contribution < 1.29 is 4.42 Å². The summed E-state index contributed by atoms with van der Waals surface area (Å²) in [5.41, 5.74) is 2.12. The van der Waals surface area contributed by atoms with Crippen LogP contribution in [0.15, 0.2) is 41.0 Å². The van der Waals surface area contributed by atoms with Gasteiger partial charge in [0.1, 0.15) is 5.76 Å². The van der Waals surface area contributed by atoms with Crippen molar-refractivity contribution in [1.82, 2.24) is 0 Å². The molecule has 0 atom stereocenters. The second-order valence-corrected chi connectivity index (χ2v) is 3.30. The average Bonchev–Trinajstić information content (AvgIpc) is 2.70. The molecule has 2 nitrogen and oxygen atoms in total. The fourth-order valence-electron chi connectivity index (χ4n) is 1.42. The molecule has 2 heteroatoms. The molecular formula is C12H12NO. The third kappa shape index (κ3) is 1.51. The Balaban J connectivity index is 2.53. The maximum atomic E-state index is 5.35. The molecule has 0 N–H and O–H groups in total. The molecule has 0 aliphatic carbocycles. The lowest BCUT2D eigenvalue weighted by Gasteiger charge is -2.15. The number of hydrogen-bond donors (Lipinski definition) is 0. The van der Waals surface area contributed by atoms with E-state index < -0.39 is 0 Å². The van der Waals surface area contributed by atoms with E-state index in [0.717, 1.165) is 17.0 Å². The molecule has 1 aromatic heterocycles. The highest BCUT2D eigenvalue weighted by Crippen LogP contribution is 2.28. The minimum atomic E-state index is 0.856. The number of benzene rings is 1. The molecule has 14 heavy (non-hydrogen) atoms. The summed E-state index contributed by atoms with van der Waals surface area (Å²) >= 11 is 0. The summed E-state index contributed by atoms with van der Waals surface area (Å²) < 4.78 is 5.35. The lowest BCUT2D eigenvalue weighted by Crippen LogP contribution is -2.09. The monoisotopic (exact) mass is 186 g/mol. The van der Waals surface area contributed by atoms with Crippen molar-refractivity contribution in [3.63, 3.8) is 0 Å². The molecule has 1 aromatic carbocycles. The van der Waals surface area contributed by atoms with Crippen molar-refractivity contribution in [3.8, 4) is 11.3 Å². The van der Waals surface area contributed by atoms with Crippen LogP contribution >= 0.6 is 0 Å². The highest BCUT2D eigenvalue weighted by molar-refractivity contribution is 5.74. The molecule has 0 saturated heterocycles. The Morgan fingerprint density at radius 3 is 2.71 bits per heavy atom. The highest BCUT2D eigenvalue weighted by Gasteiger charge is 2.07. The zero-order valence-electron chi connectivity index (χ0n) is 8.32. The van der Waals surface area contributed by atoms with Crippen LogP contribution < -0.4 is 4.90 Å². The summed E-state index contributed by atoms with van der Waals surface area (Å²) in [4.78, 5) is 2.05. The Morgan fingerprint density at radius 2 is 2.07 bits per heavy atom. The van der Waals surface area contributed by atoms with Gasteiger partial charge in [-0.05, 0) is 24.3 Å². The molecule has 0 bridgehead atoms. The van der Waals surface area contributed by atoms with E-state index in [9.17, 15) is 0 Å². The minimum absolute atomic E-state index is 0.856. The van der Waals surface area contributed by atoms with Gasteiger partial charge in [0.25, 0.3) is 0 Å².